The molecule has 0 aliphatic carbocycles. The van der Waals surface area contributed by atoms with Crippen LogP contribution in [0.1, 0.15) is 11.1 Å². The van der Waals surface area contributed by atoms with Crippen molar-refractivity contribution >= 4 is 12.4 Å². The van der Waals surface area contributed by atoms with Gasteiger partial charge in [-0.25, -0.2) is 0 Å². The summed E-state index contributed by atoms with van der Waals surface area (Å²) in [5.41, 5.74) is 2.44. The first-order chi connectivity index (χ1) is 11.3. The Hall–Kier alpha value is -1.59. The molecule has 0 spiro atoms. The van der Waals surface area contributed by atoms with Gasteiger partial charge in [0.05, 0.1) is 20.3 Å². The molecule has 130 valence electrons. The SMILES string of the molecule is COc1ccc(COC2CN(Cc3ccccc3)CCO2)cc1.Cl. The van der Waals surface area contributed by atoms with E-state index in [2.05, 4.69) is 29.2 Å². The molecule has 2 aromatic rings. The van der Waals surface area contributed by atoms with Crippen LogP contribution in [0.25, 0.3) is 0 Å². The summed E-state index contributed by atoms with van der Waals surface area (Å²) in [6.07, 6.45) is -0.172. The van der Waals surface area contributed by atoms with Crippen LogP contribution >= 0.6 is 12.4 Å². The molecule has 5 heteroatoms. The second-order valence-corrected chi connectivity index (χ2v) is 5.68. The average Bonchev–Trinajstić information content (AvgIpc) is 2.62. The molecule has 3 rings (SSSR count). The van der Waals surface area contributed by atoms with Gasteiger partial charge in [-0.1, -0.05) is 42.5 Å². The summed E-state index contributed by atoms with van der Waals surface area (Å²) in [5.74, 6) is 0.858. The summed E-state index contributed by atoms with van der Waals surface area (Å²) in [7, 11) is 1.67. The van der Waals surface area contributed by atoms with E-state index in [4.69, 9.17) is 14.2 Å². The number of hydrogen-bond acceptors (Lipinski definition) is 4. The predicted octanol–water partition coefficient (Wildman–Crippen LogP) is 3.49. The molecule has 1 atom stereocenters. The molecular formula is C19H24ClNO3. The van der Waals surface area contributed by atoms with E-state index in [0.717, 1.165) is 30.9 Å². The van der Waals surface area contributed by atoms with Gasteiger partial charge in [-0.15, -0.1) is 12.4 Å². The van der Waals surface area contributed by atoms with Crippen molar-refractivity contribution in [1.29, 1.82) is 0 Å². The van der Waals surface area contributed by atoms with Gasteiger partial charge in [0.15, 0.2) is 6.29 Å². The van der Waals surface area contributed by atoms with Crippen LogP contribution in [0.2, 0.25) is 0 Å². The normalized spacial score (nSPS) is 18.0. The monoisotopic (exact) mass is 349 g/mol. The Morgan fingerprint density at radius 3 is 2.50 bits per heavy atom. The van der Waals surface area contributed by atoms with Crippen molar-refractivity contribution in [3.63, 3.8) is 0 Å². The van der Waals surface area contributed by atoms with Gasteiger partial charge in [0.2, 0.25) is 0 Å². The highest BCUT2D eigenvalue weighted by Crippen LogP contribution is 2.15. The lowest BCUT2D eigenvalue weighted by Gasteiger charge is -2.32. The highest BCUT2D eigenvalue weighted by Gasteiger charge is 2.20. The molecule has 1 fully saturated rings. The Morgan fingerprint density at radius 1 is 1.04 bits per heavy atom. The number of methoxy groups -OCH3 is 1. The number of nitrogens with zero attached hydrogens (tertiary/aromatic N) is 1. The number of benzene rings is 2. The van der Waals surface area contributed by atoms with Gasteiger partial charge >= 0.3 is 0 Å². The fourth-order valence-corrected chi connectivity index (χ4v) is 2.67. The highest BCUT2D eigenvalue weighted by molar-refractivity contribution is 5.85. The van der Waals surface area contributed by atoms with Gasteiger partial charge in [-0.2, -0.15) is 0 Å². The maximum absolute atomic E-state index is 5.91. The topological polar surface area (TPSA) is 30.9 Å². The molecule has 0 radical (unpaired) electrons. The van der Waals surface area contributed by atoms with E-state index < -0.39 is 0 Å². The first-order valence-corrected chi connectivity index (χ1v) is 7.96. The summed E-state index contributed by atoms with van der Waals surface area (Å²) < 4.78 is 16.8. The number of ether oxygens (including phenoxy) is 3. The minimum absolute atomic E-state index is 0. The second-order valence-electron chi connectivity index (χ2n) is 5.68. The van der Waals surface area contributed by atoms with Gasteiger partial charge in [0.1, 0.15) is 5.75 Å². The molecule has 4 nitrogen and oxygen atoms in total. The van der Waals surface area contributed by atoms with Gasteiger partial charge in [-0.05, 0) is 23.3 Å². The molecule has 1 saturated heterocycles. The number of halogens is 1. The Morgan fingerprint density at radius 2 is 1.79 bits per heavy atom. The summed E-state index contributed by atoms with van der Waals surface area (Å²) >= 11 is 0. The van der Waals surface area contributed by atoms with Crippen LogP contribution in [0, 0.1) is 0 Å². The van der Waals surface area contributed by atoms with Crippen molar-refractivity contribution in [2.45, 2.75) is 19.4 Å². The van der Waals surface area contributed by atoms with E-state index in [9.17, 15) is 0 Å². The minimum atomic E-state index is -0.172. The van der Waals surface area contributed by atoms with E-state index in [0.29, 0.717) is 13.2 Å². The molecule has 1 unspecified atom stereocenters. The molecule has 1 heterocycles. The van der Waals surface area contributed by atoms with Crippen LogP contribution in [-0.4, -0.2) is 38.0 Å². The van der Waals surface area contributed by atoms with Crippen LogP contribution in [0.5, 0.6) is 5.75 Å². The zero-order chi connectivity index (χ0) is 15.9. The zero-order valence-corrected chi connectivity index (χ0v) is 14.7. The lowest BCUT2D eigenvalue weighted by molar-refractivity contribution is -0.186. The van der Waals surface area contributed by atoms with Crippen molar-refractivity contribution in [2.75, 3.05) is 26.8 Å². The van der Waals surface area contributed by atoms with Crippen LogP contribution in [0.4, 0.5) is 0 Å². The molecular weight excluding hydrogens is 326 g/mol. The second kappa shape index (κ2) is 9.64. The minimum Gasteiger partial charge on any atom is -0.497 e. The van der Waals surface area contributed by atoms with Gasteiger partial charge in [-0.3, -0.25) is 4.90 Å². The zero-order valence-electron chi connectivity index (χ0n) is 13.9. The quantitative estimate of drug-likeness (QED) is 0.798. The lowest BCUT2D eigenvalue weighted by Crippen LogP contribution is -2.43. The van der Waals surface area contributed by atoms with Crippen molar-refractivity contribution in [3.8, 4) is 5.75 Å². The largest absolute Gasteiger partial charge is 0.497 e. The van der Waals surface area contributed by atoms with Crippen molar-refractivity contribution < 1.29 is 14.2 Å². The van der Waals surface area contributed by atoms with Crippen LogP contribution in [0.3, 0.4) is 0 Å². The van der Waals surface area contributed by atoms with E-state index in [1.54, 1.807) is 7.11 Å². The summed E-state index contributed by atoms with van der Waals surface area (Å²) in [6, 6.07) is 18.4. The van der Waals surface area contributed by atoms with Crippen molar-refractivity contribution in [1.82, 2.24) is 4.90 Å². The van der Waals surface area contributed by atoms with Crippen molar-refractivity contribution in [2.24, 2.45) is 0 Å². The lowest BCUT2D eigenvalue weighted by atomic mass is 10.2. The third-order valence-corrected chi connectivity index (χ3v) is 3.96. The molecule has 2 aromatic carbocycles. The Labute approximate surface area is 149 Å². The van der Waals surface area contributed by atoms with Gasteiger partial charge in [0, 0.05) is 19.6 Å². The van der Waals surface area contributed by atoms with E-state index in [1.165, 1.54) is 5.56 Å². The molecule has 1 aliphatic rings. The van der Waals surface area contributed by atoms with Crippen LogP contribution in [0.15, 0.2) is 54.6 Å². The molecule has 0 N–H and O–H groups in total. The Kier molecular flexibility index (Phi) is 7.53. The van der Waals surface area contributed by atoms with E-state index in [1.807, 2.05) is 30.3 Å². The standard InChI is InChI=1S/C19H23NO3.ClH/c1-21-18-9-7-17(8-10-18)15-23-19-14-20(11-12-22-19)13-16-5-3-2-4-6-16;/h2-10,19H,11-15H2,1H3;1H. The third-order valence-electron chi connectivity index (χ3n) is 3.96. The maximum Gasteiger partial charge on any atom is 0.170 e. The number of morpholine rings is 1. The number of rotatable bonds is 6. The third kappa shape index (κ3) is 5.49. The van der Waals surface area contributed by atoms with Crippen LogP contribution < -0.4 is 4.74 Å². The average molecular weight is 350 g/mol. The Bertz CT molecular complexity index is 591. The summed E-state index contributed by atoms with van der Waals surface area (Å²) in [4.78, 5) is 2.37. The maximum atomic E-state index is 5.91. The highest BCUT2D eigenvalue weighted by atomic mass is 35.5. The first kappa shape index (κ1) is 18.7. The fourth-order valence-electron chi connectivity index (χ4n) is 2.67. The van der Waals surface area contributed by atoms with Gasteiger partial charge in [0.25, 0.3) is 0 Å². The fraction of sp³-hybridized carbons (Fsp3) is 0.368. The molecule has 0 saturated carbocycles. The molecule has 0 bridgehead atoms. The first-order valence-electron chi connectivity index (χ1n) is 7.96. The smallest absolute Gasteiger partial charge is 0.170 e. The van der Waals surface area contributed by atoms with Gasteiger partial charge < -0.3 is 14.2 Å². The predicted molar refractivity (Wildman–Crippen MR) is 96.5 cm³/mol. The Balaban J connectivity index is 0.00000208. The van der Waals surface area contributed by atoms with E-state index in [-0.39, 0.29) is 18.7 Å². The van der Waals surface area contributed by atoms with Crippen LogP contribution in [-0.2, 0) is 22.6 Å². The summed E-state index contributed by atoms with van der Waals surface area (Å²) in [6.45, 7) is 3.93. The van der Waals surface area contributed by atoms with Crippen molar-refractivity contribution in [3.05, 3.63) is 65.7 Å². The van der Waals surface area contributed by atoms with E-state index >= 15 is 0 Å². The molecule has 24 heavy (non-hydrogen) atoms. The number of hydrogen-bond donors (Lipinski definition) is 0. The molecule has 0 amide bonds. The molecule has 1 aliphatic heterocycles. The summed E-state index contributed by atoms with van der Waals surface area (Å²) in [5, 5.41) is 0. The molecule has 0 aromatic heterocycles.